The molecule has 0 saturated carbocycles. The summed E-state index contributed by atoms with van der Waals surface area (Å²) < 4.78 is 16.9. The number of aromatic nitrogens is 2. The second-order valence-corrected chi connectivity index (χ2v) is 5.39. The highest BCUT2D eigenvalue weighted by molar-refractivity contribution is 9.10. The summed E-state index contributed by atoms with van der Waals surface area (Å²) in [6.07, 6.45) is 1.40. The molecule has 7 heteroatoms. The van der Waals surface area contributed by atoms with Crippen molar-refractivity contribution < 1.29 is 19.3 Å². The zero-order chi connectivity index (χ0) is 16.4. The predicted octanol–water partition coefficient (Wildman–Crippen LogP) is 3.91. The van der Waals surface area contributed by atoms with Crippen LogP contribution in [0.15, 0.2) is 41.1 Å². The van der Waals surface area contributed by atoms with Crippen LogP contribution in [-0.4, -0.2) is 29.3 Å². The Balaban J connectivity index is 2.12. The molecule has 23 heavy (non-hydrogen) atoms. The minimum absolute atomic E-state index is 0.0834. The van der Waals surface area contributed by atoms with Gasteiger partial charge in [0.2, 0.25) is 5.88 Å². The Hall–Kier alpha value is -2.54. The van der Waals surface area contributed by atoms with Gasteiger partial charge < -0.3 is 19.3 Å². The first-order chi connectivity index (χ1) is 11.1. The van der Waals surface area contributed by atoms with Crippen LogP contribution in [0.1, 0.15) is 0 Å². The second kappa shape index (κ2) is 6.29. The van der Waals surface area contributed by atoms with Crippen molar-refractivity contribution >= 4 is 26.8 Å². The van der Waals surface area contributed by atoms with E-state index in [0.717, 1.165) is 0 Å². The molecule has 0 radical (unpaired) electrons. The van der Waals surface area contributed by atoms with Gasteiger partial charge in [-0.15, -0.1) is 0 Å². The quantitative estimate of drug-likeness (QED) is 0.743. The third kappa shape index (κ3) is 2.87. The van der Waals surface area contributed by atoms with E-state index in [-0.39, 0.29) is 5.75 Å². The second-order valence-electron chi connectivity index (χ2n) is 4.59. The number of rotatable bonds is 4. The summed E-state index contributed by atoms with van der Waals surface area (Å²) in [7, 11) is 3.12. The number of hydrogen-bond donors (Lipinski definition) is 1. The summed E-state index contributed by atoms with van der Waals surface area (Å²) in [4.78, 5) is 8.39. The molecule has 0 fully saturated rings. The highest BCUT2D eigenvalue weighted by Crippen LogP contribution is 2.39. The van der Waals surface area contributed by atoms with Gasteiger partial charge in [0, 0.05) is 6.07 Å². The van der Waals surface area contributed by atoms with Gasteiger partial charge in [0.25, 0.3) is 0 Å². The topological polar surface area (TPSA) is 73.7 Å². The van der Waals surface area contributed by atoms with E-state index in [4.69, 9.17) is 14.2 Å². The van der Waals surface area contributed by atoms with Crippen molar-refractivity contribution in [2.75, 3.05) is 14.2 Å². The first-order valence-corrected chi connectivity index (χ1v) is 7.45. The zero-order valence-electron chi connectivity index (χ0n) is 12.4. The van der Waals surface area contributed by atoms with Crippen molar-refractivity contribution in [1.82, 2.24) is 9.97 Å². The lowest BCUT2D eigenvalue weighted by Gasteiger charge is -2.12. The van der Waals surface area contributed by atoms with Gasteiger partial charge in [-0.1, -0.05) is 6.07 Å². The summed E-state index contributed by atoms with van der Waals surface area (Å²) in [5.41, 5.74) is 0.656. The van der Waals surface area contributed by atoms with E-state index >= 15 is 0 Å². The molecular formula is C16H13BrN2O4. The number of phenolic OH excluding ortho intramolecular Hbond substituents is 1. The Labute approximate surface area is 140 Å². The Kier molecular flexibility index (Phi) is 4.20. The van der Waals surface area contributed by atoms with Crippen LogP contribution in [0.25, 0.3) is 10.9 Å². The molecule has 0 unspecified atom stereocenters. The van der Waals surface area contributed by atoms with Gasteiger partial charge in [-0.2, -0.15) is 0 Å². The first-order valence-electron chi connectivity index (χ1n) is 6.66. The van der Waals surface area contributed by atoms with Crippen molar-refractivity contribution in [2.45, 2.75) is 0 Å². The molecule has 6 nitrogen and oxygen atoms in total. The molecule has 1 heterocycles. The monoisotopic (exact) mass is 376 g/mol. The van der Waals surface area contributed by atoms with Gasteiger partial charge in [-0.3, -0.25) is 0 Å². The zero-order valence-corrected chi connectivity index (χ0v) is 14.0. The lowest BCUT2D eigenvalue weighted by Crippen LogP contribution is -1.95. The van der Waals surface area contributed by atoms with E-state index in [0.29, 0.717) is 38.5 Å². The number of fused-ring (bicyclic) bond motifs is 1. The van der Waals surface area contributed by atoms with Crippen LogP contribution >= 0.6 is 15.9 Å². The molecule has 0 bridgehead atoms. The van der Waals surface area contributed by atoms with Crippen molar-refractivity contribution in [3.8, 4) is 28.9 Å². The van der Waals surface area contributed by atoms with Gasteiger partial charge in [0.15, 0.2) is 11.5 Å². The molecule has 1 N–H and O–H groups in total. The van der Waals surface area contributed by atoms with Crippen molar-refractivity contribution in [3.63, 3.8) is 0 Å². The maximum atomic E-state index is 9.75. The van der Waals surface area contributed by atoms with Crippen LogP contribution < -0.4 is 14.2 Å². The molecule has 3 rings (SSSR count). The third-order valence-corrected chi connectivity index (χ3v) is 4.05. The number of halogens is 1. The highest BCUT2D eigenvalue weighted by atomic mass is 79.9. The van der Waals surface area contributed by atoms with E-state index in [9.17, 15) is 5.11 Å². The van der Waals surface area contributed by atoms with Crippen molar-refractivity contribution in [1.29, 1.82) is 0 Å². The number of phenols is 1. The lowest BCUT2D eigenvalue weighted by molar-refractivity contribution is 0.355. The fraction of sp³-hybridized carbons (Fsp3) is 0.125. The largest absolute Gasteiger partial charge is 0.507 e. The Morgan fingerprint density at radius 3 is 2.48 bits per heavy atom. The molecule has 0 spiro atoms. The summed E-state index contributed by atoms with van der Waals surface area (Å²) in [5, 5.41) is 10.4. The third-order valence-electron chi connectivity index (χ3n) is 3.25. The SMILES string of the molecule is COc1cc2ncnc(Oc3cccc(O)c3Br)c2cc1OC. The van der Waals surface area contributed by atoms with E-state index in [1.807, 2.05) is 0 Å². The van der Waals surface area contributed by atoms with E-state index < -0.39 is 0 Å². The van der Waals surface area contributed by atoms with Gasteiger partial charge >= 0.3 is 0 Å². The fourth-order valence-corrected chi connectivity index (χ4v) is 2.47. The van der Waals surface area contributed by atoms with Crippen molar-refractivity contribution in [2.24, 2.45) is 0 Å². The van der Waals surface area contributed by atoms with Gasteiger partial charge in [0.1, 0.15) is 22.3 Å². The fourth-order valence-electron chi connectivity index (χ4n) is 2.12. The van der Waals surface area contributed by atoms with Crippen LogP contribution in [0.4, 0.5) is 0 Å². The number of benzene rings is 2. The standard InChI is InChI=1S/C16H13BrN2O4/c1-21-13-6-9-10(7-14(13)22-2)18-8-19-16(9)23-12-5-3-4-11(20)15(12)17/h3-8,20H,1-2H3. The predicted molar refractivity (Wildman–Crippen MR) is 88.5 cm³/mol. The van der Waals surface area contributed by atoms with E-state index in [2.05, 4.69) is 25.9 Å². The number of ether oxygens (including phenoxy) is 3. The summed E-state index contributed by atoms with van der Waals surface area (Å²) >= 11 is 3.29. The number of aromatic hydroxyl groups is 1. The maximum absolute atomic E-state index is 9.75. The average Bonchev–Trinajstić information content (AvgIpc) is 2.58. The molecule has 0 aliphatic rings. The normalized spacial score (nSPS) is 10.6. The lowest BCUT2D eigenvalue weighted by atomic mass is 10.2. The van der Waals surface area contributed by atoms with Gasteiger partial charge in [-0.25, -0.2) is 9.97 Å². The smallest absolute Gasteiger partial charge is 0.230 e. The van der Waals surface area contributed by atoms with Crippen LogP contribution in [-0.2, 0) is 0 Å². The van der Waals surface area contributed by atoms with Gasteiger partial charge in [-0.05, 0) is 34.1 Å². The number of nitrogens with zero attached hydrogens (tertiary/aromatic N) is 2. The minimum atomic E-state index is 0.0834. The van der Waals surface area contributed by atoms with E-state index in [1.165, 1.54) is 6.33 Å². The maximum Gasteiger partial charge on any atom is 0.230 e. The summed E-state index contributed by atoms with van der Waals surface area (Å²) in [6.45, 7) is 0. The molecule has 0 aliphatic heterocycles. The molecule has 0 atom stereocenters. The molecular weight excluding hydrogens is 364 g/mol. The summed E-state index contributed by atoms with van der Waals surface area (Å²) in [6, 6.07) is 8.46. The molecule has 0 saturated heterocycles. The van der Waals surface area contributed by atoms with E-state index in [1.54, 1.807) is 44.6 Å². The number of hydrogen-bond acceptors (Lipinski definition) is 6. The van der Waals surface area contributed by atoms with Crippen molar-refractivity contribution in [3.05, 3.63) is 41.1 Å². The minimum Gasteiger partial charge on any atom is -0.507 e. The molecule has 3 aromatic rings. The first kappa shape index (κ1) is 15.4. The molecule has 0 amide bonds. The Bertz CT molecular complexity index is 870. The van der Waals surface area contributed by atoms with Crippen LogP contribution in [0.2, 0.25) is 0 Å². The molecule has 0 aliphatic carbocycles. The van der Waals surface area contributed by atoms with Crippen LogP contribution in [0.3, 0.4) is 0 Å². The molecule has 2 aromatic carbocycles. The molecule has 1 aromatic heterocycles. The summed E-state index contributed by atoms with van der Waals surface area (Å²) in [5.74, 6) is 2.00. The number of methoxy groups -OCH3 is 2. The van der Waals surface area contributed by atoms with Gasteiger partial charge in [0.05, 0.1) is 25.1 Å². The van der Waals surface area contributed by atoms with Crippen LogP contribution in [0, 0.1) is 0 Å². The Morgan fingerprint density at radius 1 is 1.00 bits per heavy atom. The molecule has 118 valence electrons. The Morgan fingerprint density at radius 2 is 1.74 bits per heavy atom. The highest BCUT2D eigenvalue weighted by Gasteiger charge is 2.14. The average molecular weight is 377 g/mol. The van der Waals surface area contributed by atoms with Crippen LogP contribution in [0.5, 0.6) is 28.9 Å².